The van der Waals surface area contributed by atoms with Crippen molar-refractivity contribution >= 4 is 0 Å². The van der Waals surface area contributed by atoms with E-state index in [2.05, 4.69) is 4.90 Å². The van der Waals surface area contributed by atoms with Gasteiger partial charge in [0.1, 0.15) is 0 Å². The number of piperidine rings is 1. The van der Waals surface area contributed by atoms with Gasteiger partial charge in [-0.05, 0) is 32.9 Å². The lowest BCUT2D eigenvalue weighted by Gasteiger charge is -2.30. The molecule has 3 nitrogen and oxygen atoms in total. The van der Waals surface area contributed by atoms with Gasteiger partial charge in [-0.25, -0.2) is 0 Å². The Morgan fingerprint density at radius 1 is 1.55 bits per heavy atom. The maximum atomic E-state index is 9.10. The molecule has 11 heavy (non-hydrogen) atoms. The quantitative estimate of drug-likeness (QED) is 0.584. The average Bonchev–Trinajstić information content (AvgIpc) is 1.93. The molecule has 3 heteroatoms. The minimum atomic E-state index is -0.204. The molecule has 0 radical (unpaired) electrons. The molecule has 0 aliphatic carbocycles. The van der Waals surface area contributed by atoms with Crippen molar-refractivity contribution in [3.05, 3.63) is 0 Å². The van der Waals surface area contributed by atoms with Crippen molar-refractivity contribution in [2.75, 3.05) is 19.6 Å². The average molecular weight is 158 g/mol. The normalized spacial score (nSPS) is 25.4. The molecular formula is C8H18N2O. The van der Waals surface area contributed by atoms with E-state index in [9.17, 15) is 0 Å². The van der Waals surface area contributed by atoms with Crippen LogP contribution in [0.25, 0.3) is 0 Å². The molecule has 0 amide bonds. The first-order valence-electron chi connectivity index (χ1n) is 4.34. The minimum Gasteiger partial charge on any atom is -0.392 e. The van der Waals surface area contributed by atoms with Gasteiger partial charge in [0.15, 0.2) is 0 Å². The Hall–Kier alpha value is -0.120. The van der Waals surface area contributed by atoms with Gasteiger partial charge in [0.05, 0.1) is 6.10 Å². The number of aliphatic hydroxyl groups is 1. The van der Waals surface area contributed by atoms with Crippen molar-refractivity contribution in [2.24, 2.45) is 5.73 Å². The van der Waals surface area contributed by atoms with Crippen molar-refractivity contribution in [2.45, 2.75) is 31.9 Å². The largest absolute Gasteiger partial charge is 0.392 e. The summed E-state index contributed by atoms with van der Waals surface area (Å²) in [6.07, 6.45) is 1.95. The van der Waals surface area contributed by atoms with Crippen LogP contribution in [0.15, 0.2) is 0 Å². The summed E-state index contributed by atoms with van der Waals surface area (Å²) in [6, 6.07) is 0.389. The third kappa shape index (κ3) is 3.18. The Balaban J connectivity index is 2.17. The van der Waals surface area contributed by atoms with Gasteiger partial charge in [0.25, 0.3) is 0 Å². The summed E-state index contributed by atoms with van der Waals surface area (Å²) >= 11 is 0. The lowest BCUT2D eigenvalue weighted by molar-refractivity contribution is 0.110. The number of rotatable bonds is 2. The van der Waals surface area contributed by atoms with Crippen LogP contribution in [0, 0.1) is 0 Å². The number of likely N-dealkylation sites (tertiary alicyclic amines) is 1. The lowest BCUT2D eigenvalue weighted by Crippen LogP contribution is -2.42. The highest BCUT2D eigenvalue weighted by molar-refractivity contribution is 4.74. The fourth-order valence-electron chi connectivity index (χ4n) is 1.51. The molecule has 0 aromatic carbocycles. The maximum absolute atomic E-state index is 9.10. The van der Waals surface area contributed by atoms with Crippen LogP contribution in [0.5, 0.6) is 0 Å². The number of nitrogens with two attached hydrogens (primary N) is 1. The van der Waals surface area contributed by atoms with Gasteiger partial charge in [0, 0.05) is 12.6 Å². The van der Waals surface area contributed by atoms with Crippen molar-refractivity contribution in [3.63, 3.8) is 0 Å². The SMILES string of the molecule is C[C@H](O)CN1CCC(N)CC1. The third-order valence-corrected chi connectivity index (χ3v) is 2.15. The molecule has 0 saturated carbocycles. The van der Waals surface area contributed by atoms with Crippen LogP contribution in [-0.2, 0) is 0 Å². The molecule has 1 atom stereocenters. The lowest BCUT2D eigenvalue weighted by atomic mass is 10.1. The van der Waals surface area contributed by atoms with Crippen molar-refractivity contribution in [1.29, 1.82) is 0 Å². The molecule has 0 unspecified atom stereocenters. The molecule has 0 aromatic heterocycles. The molecule has 1 saturated heterocycles. The predicted molar refractivity (Wildman–Crippen MR) is 45.3 cm³/mol. The van der Waals surface area contributed by atoms with E-state index < -0.39 is 0 Å². The molecule has 1 fully saturated rings. The first-order valence-corrected chi connectivity index (χ1v) is 4.34. The van der Waals surface area contributed by atoms with E-state index in [1.54, 1.807) is 0 Å². The number of hydrogen-bond acceptors (Lipinski definition) is 3. The van der Waals surface area contributed by atoms with E-state index in [-0.39, 0.29) is 6.10 Å². The highest BCUT2D eigenvalue weighted by Gasteiger charge is 2.16. The molecule has 1 rings (SSSR count). The Morgan fingerprint density at radius 3 is 2.55 bits per heavy atom. The maximum Gasteiger partial charge on any atom is 0.0639 e. The predicted octanol–water partition coefficient (Wildman–Crippen LogP) is -0.210. The summed E-state index contributed by atoms with van der Waals surface area (Å²) in [5, 5.41) is 9.10. The van der Waals surface area contributed by atoms with E-state index >= 15 is 0 Å². The van der Waals surface area contributed by atoms with Gasteiger partial charge in [-0.1, -0.05) is 0 Å². The van der Waals surface area contributed by atoms with Crippen LogP contribution < -0.4 is 5.73 Å². The van der Waals surface area contributed by atoms with Crippen LogP contribution in [0.3, 0.4) is 0 Å². The minimum absolute atomic E-state index is 0.204. The van der Waals surface area contributed by atoms with Gasteiger partial charge < -0.3 is 15.7 Å². The van der Waals surface area contributed by atoms with E-state index in [1.165, 1.54) is 0 Å². The Morgan fingerprint density at radius 2 is 2.09 bits per heavy atom. The Kier molecular flexibility index (Phi) is 3.30. The standard InChI is InChI=1S/C8H18N2O/c1-7(11)6-10-4-2-8(9)3-5-10/h7-8,11H,2-6,9H2,1H3/t7-/m0/s1. The number of β-amino-alcohol motifs (C(OH)–C–C–N with tert-alkyl or cyclic N) is 1. The number of nitrogens with zero attached hydrogens (tertiary/aromatic N) is 1. The molecule has 3 N–H and O–H groups in total. The summed E-state index contributed by atoms with van der Waals surface area (Å²) in [5.41, 5.74) is 5.74. The van der Waals surface area contributed by atoms with E-state index in [4.69, 9.17) is 10.8 Å². The van der Waals surface area contributed by atoms with E-state index in [0.29, 0.717) is 6.04 Å². The van der Waals surface area contributed by atoms with Crippen molar-refractivity contribution in [1.82, 2.24) is 4.90 Å². The second-order valence-electron chi connectivity index (χ2n) is 3.49. The first kappa shape index (κ1) is 8.97. The van der Waals surface area contributed by atoms with E-state index in [1.807, 2.05) is 6.92 Å². The highest BCUT2D eigenvalue weighted by Crippen LogP contribution is 2.07. The molecule has 0 aromatic rings. The Labute approximate surface area is 68.2 Å². The molecule has 1 heterocycles. The van der Waals surface area contributed by atoms with Crippen molar-refractivity contribution < 1.29 is 5.11 Å². The zero-order valence-electron chi connectivity index (χ0n) is 7.16. The summed E-state index contributed by atoms with van der Waals surface area (Å²) < 4.78 is 0. The molecule has 0 spiro atoms. The van der Waals surface area contributed by atoms with Crippen LogP contribution in [0.2, 0.25) is 0 Å². The van der Waals surface area contributed by atoms with Gasteiger partial charge in [0.2, 0.25) is 0 Å². The van der Waals surface area contributed by atoms with Crippen LogP contribution in [-0.4, -0.2) is 41.8 Å². The van der Waals surface area contributed by atoms with Gasteiger partial charge >= 0.3 is 0 Å². The summed E-state index contributed by atoms with van der Waals surface area (Å²) in [4.78, 5) is 2.27. The third-order valence-electron chi connectivity index (χ3n) is 2.15. The smallest absolute Gasteiger partial charge is 0.0639 e. The molecule has 1 aliphatic heterocycles. The molecule has 0 bridgehead atoms. The molecular weight excluding hydrogens is 140 g/mol. The van der Waals surface area contributed by atoms with Gasteiger partial charge in [-0.3, -0.25) is 0 Å². The van der Waals surface area contributed by atoms with Gasteiger partial charge in [-0.15, -0.1) is 0 Å². The molecule has 1 aliphatic rings. The monoisotopic (exact) mass is 158 g/mol. The first-order chi connectivity index (χ1) is 5.18. The summed E-state index contributed by atoms with van der Waals surface area (Å²) in [7, 11) is 0. The number of hydrogen-bond donors (Lipinski definition) is 2. The van der Waals surface area contributed by atoms with E-state index in [0.717, 1.165) is 32.5 Å². The Bertz CT molecular complexity index is 109. The van der Waals surface area contributed by atoms with Crippen LogP contribution in [0.1, 0.15) is 19.8 Å². The van der Waals surface area contributed by atoms with Gasteiger partial charge in [-0.2, -0.15) is 0 Å². The number of aliphatic hydroxyl groups excluding tert-OH is 1. The molecule has 66 valence electrons. The fraction of sp³-hybridized carbons (Fsp3) is 1.00. The summed E-state index contributed by atoms with van der Waals surface area (Å²) in [5.74, 6) is 0. The fourth-order valence-corrected chi connectivity index (χ4v) is 1.51. The van der Waals surface area contributed by atoms with Crippen molar-refractivity contribution in [3.8, 4) is 0 Å². The zero-order chi connectivity index (χ0) is 8.27. The second kappa shape index (κ2) is 4.04. The topological polar surface area (TPSA) is 49.5 Å². The highest BCUT2D eigenvalue weighted by atomic mass is 16.3. The van der Waals surface area contributed by atoms with Crippen LogP contribution >= 0.6 is 0 Å². The second-order valence-corrected chi connectivity index (χ2v) is 3.49. The van der Waals surface area contributed by atoms with Crippen LogP contribution in [0.4, 0.5) is 0 Å². The summed E-state index contributed by atoms with van der Waals surface area (Å²) in [6.45, 7) is 4.72. The zero-order valence-corrected chi connectivity index (χ0v) is 7.16.